The molecule has 0 N–H and O–H groups in total. The summed E-state index contributed by atoms with van der Waals surface area (Å²) in [5.41, 5.74) is 0.623. The number of esters is 1. The highest BCUT2D eigenvalue weighted by atomic mass is 35.5. The van der Waals surface area contributed by atoms with Crippen LogP contribution in [0.1, 0.15) is 88.4 Å². The third-order valence-corrected chi connectivity index (χ3v) is 5.36. The van der Waals surface area contributed by atoms with Crippen molar-refractivity contribution in [2.45, 2.75) is 84.3 Å². The smallest absolute Gasteiger partial charge is 0.342 e. The Kier molecular flexibility index (Phi) is 14.3. The van der Waals surface area contributed by atoms with E-state index < -0.39 is 0 Å². The van der Waals surface area contributed by atoms with Crippen LogP contribution in [0.5, 0.6) is 0 Å². The molecule has 0 amide bonds. The molecule has 27 heavy (non-hydrogen) atoms. The number of nitrogens with zero attached hydrogens (tertiary/aromatic N) is 1. The molecule has 0 spiro atoms. The highest BCUT2D eigenvalue weighted by molar-refractivity contribution is 5.89. The van der Waals surface area contributed by atoms with E-state index in [-0.39, 0.29) is 24.6 Å². The van der Waals surface area contributed by atoms with Gasteiger partial charge in [0.05, 0.1) is 26.2 Å². The lowest BCUT2D eigenvalue weighted by atomic mass is 10.1. The number of carbonyl (C=O) groups is 1. The van der Waals surface area contributed by atoms with E-state index in [2.05, 4.69) is 21.0 Å². The minimum atomic E-state index is -0.229. The van der Waals surface area contributed by atoms with Crippen LogP contribution in [-0.4, -0.2) is 37.3 Å². The van der Waals surface area contributed by atoms with Gasteiger partial charge in [-0.05, 0) is 25.0 Å². The Morgan fingerprint density at radius 1 is 0.889 bits per heavy atom. The Hall–Kier alpha value is -1.06. The number of unbranched alkanes of at least 4 members (excludes halogenated alkanes) is 9. The molecule has 0 saturated heterocycles. The molecule has 1 aromatic rings. The van der Waals surface area contributed by atoms with Gasteiger partial charge in [-0.25, -0.2) is 4.79 Å². The highest BCUT2D eigenvalue weighted by Crippen LogP contribution is 2.15. The first-order chi connectivity index (χ1) is 12.5. The summed E-state index contributed by atoms with van der Waals surface area (Å²) in [6, 6.07) is 9.25. The predicted molar refractivity (Wildman–Crippen MR) is 110 cm³/mol. The molecule has 0 aliphatic carbocycles. The Morgan fingerprint density at radius 2 is 1.37 bits per heavy atom. The van der Waals surface area contributed by atoms with Crippen LogP contribution in [0.4, 0.5) is 0 Å². The first-order valence-corrected chi connectivity index (χ1v) is 10.6. The van der Waals surface area contributed by atoms with Crippen LogP contribution in [0.3, 0.4) is 0 Å². The first-order valence-electron chi connectivity index (χ1n) is 10.6. The second-order valence-corrected chi connectivity index (χ2v) is 8.05. The van der Waals surface area contributed by atoms with Gasteiger partial charge in [0.25, 0.3) is 0 Å². The van der Waals surface area contributed by atoms with Crippen molar-refractivity contribution in [3.05, 3.63) is 35.9 Å². The van der Waals surface area contributed by atoms with Crippen LogP contribution in [0, 0.1) is 0 Å². The number of hydrogen-bond donors (Lipinski definition) is 0. The molecule has 0 bridgehead atoms. The van der Waals surface area contributed by atoms with Gasteiger partial charge in [0, 0.05) is 6.92 Å². The van der Waals surface area contributed by atoms with E-state index in [1.165, 1.54) is 64.2 Å². The molecular formula is C23H40ClNO2. The maximum Gasteiger partial charge on any atom is 0.342 e. The number of quaternary nitrogens is 1. The summed E-state index contributed by atoms with van der Waals surface area (Å²) >= 11 is 0. The van der Waals surface area contributed by atoms with Gasteiger partial charge < -0.3 is 17.1 Å². The van der Waals surface area contributed by atoms with Crippen molar-refractivity contribution < 1.29 is 26.4 Å². The van der Waals surface area contributed by atoms with Crippen molar-refractivity contribution in [1.29, 1.82) is 0 Å². The molecule has 0 saturated carbocycles. The summed E-state index contributed by atoms with van der Waals surface area (Å²) in [7, 11) is 4.30. The molecule has 156 valence electrons. The average Bonchev–Trinajstić information content (AvgIpc) is 2.63. The normalized spacial score (nSPS) is 12.3. The second-order valence-electron chi connectivity index (χ2n) is 8.05. The van der Waals surface area contributed by atoms with Crippen molar-refractivity contribution in [3.63, 3.8) is 0 Å². The molecule has 0 heterocycles. The van der Waals surface area contributed by atoms with Crippen molar-refractivity contribution >= 4 is 5.97 Å². The number of benzene rings is 1. The lowest BCUT2D eigenvalue weighted by Crippen LogP contribution is -3.00. The van der Waals surface area contributed by atoms with Crippen molar-refractivity contribution in [2.24, 2.45) is 0 Å². The van der Waals surface area contributed by atoms with Gasteiger partial charge >= 0.3 is 5.97 Å². The van der Waals surface area contributed by atoms with Crippen molar-refractivity contribution in [3.8, 4) is 0 Å². The third-order valence-electron chi connectivity index (χ3n) is 5.36. The summed E-state index contributed by atoms with van der Waals surface area (Å²) < 4.78 is 6.39. The van der Waals surface area contributed by atoms with E-state index in [1.807, 2.05) is 25.1 Å². The molecule has 3 nitrogen and oxygen atoms in total. The van der Waals surface area contributed by atoms with Crippen LogP contribution < -0.4 is 12.4 Å². The molecule has 0 aromatic heterocycles. The lowest BCUT2D eigenvalue weighted by molar-refractivity contribution is -0.932. The molecule has 0 fully saturated rings. The maximum absolute atomic E-state index is 12.2. The Labute approximate surface area is 173 Å². The SMILES string of the molecule is CCCCCCCCCCCC[N+](C)(C)C(C)OC(=O)c1ccccc1.[Cl-]. The third kappa shape index (κ3) is 11.4. The standard InChI is InChI=1S/C23H40NO2.ClH/c1-5-6-7-8-9-10-11-12-13-17-20-24(3,4)21(2)26-23(25)22-18-15-14-16-19-22;/h14-16,18-19,21H,5-13,17,20H2,1-4H3;1H/q+1;/p-1. The molecule has 4 heteroatoms. The van der Waals surface area contributed by atoms with E-state index in [0.717, 1.165) is 11.0 Å². The molecule has 0 aliphatic rings. The van der Waals surface area contributed by atoms with E-state index in [1.54, 1.807) is 12.1 Å². The minimum Gasteiger partial charge on any atom is -1.00 e. The largest absolute Gasteiger partial charge is 1.00 e. The van der Waals surface area contributed by atoms with Crippen molar-refractivity contribution in [2.75, 3.05) is 20.6 Å². The average molecular weight is 398 g/mol. The Morgan fingerprint density at radius 3 is 1.89 bits per heavy atom. The second kappa shape index (κ2) is 14.9. The van der Waals surface area contributed by atoms with Gasteiger partial charge in [-0.3, -0.25) is 4.48 Å². The number of ether oxygens (including phenoxy) is 1. The fraction of sp³-hybridized carbons (Fsp3) is 0.696. The van der Waals surface area contributed by atoms with Gasteiger partial charge in [-0.1, -0.05) is 76.5 Å². The van der Waals surface area contributed by atoms with Crippen LogP contribution in [0.15, 0.2) is 30.3 Å². The number of hydrogen-bond acceptors (Lipinski definition) is 2. The summed E-state index contributed by atoms with van der Waals surface area (Å²) in [5, 5.41) is 0. The molecule has 0 radical (unpaired) electrons. The topological polar surface area (TPSA) is 26.3 Å². The molecule has 1 atom stereocenters. The Bertz CT molecular complexity index is 490. The molecular weight excluding hydrogens is 358 g/mol. The van der Waals surface area contributed by atoms with Crippen LogP contribution >= 0.6 is 0 Å². The molecule has 1 rings (SSSR count). The van der Waals surface area contributed by atoms with Crippen molar-refractivity contribution in [1.82, 2.24) is 0 Å². The van der Waals surface area contributed by atoms with Gasteiger partial charge in [-0.2, -0.15) is 0 Å². The van der Waals surface area contributed by atoms with E-state index in [9.17, 15) is 4.79 Å². The maximum atomic E-state index is 12.2. The van der Waals surface area contributed by atoms with Gasteiger partial charge in [0.2, 0.25) is 6.23 Å². The number of rotatable bonds is 14. The first kappa shape index (κ1) is 25.9. The van der Waals surface area contributed by atoms with Gasteiger partial charge in [0.15, 0.2) is 0 Å². The van der Waals surface area contributed by atoms with Crippen LogP contribution in [-0.2, 0) is 4.74 Å². The van der Waals surface area contributed by atoms with E-state index in [0.29, 0.717) is 5.56 Å². The molecule has 1 aromatic carbocycles. The van der Waals surface area contributed by atoms with Crippen LogP contribution in [0.2, 0.25) is 0 Å². The monoisotopic (exact) mass is 397 g/mol. The Balaban J connectivity index is 0.00000676. The zero-order chi connectivity index (χ0) is 19.3. The predicted octanol–water partition coefficient (Wildman–Crippen LogP) is 3.19. The number of carbonyl (C=O) groups excluding carboxylic acids is 1. The zero-order valence-electron chi connectivity index (χ0n) is 17.9. The van der Waals surface area contributed by atoms with E-state index in [4.69, 9.17) is 4.74 Å². The minimum absolute atomic E-state index is 0. The molecule has 1 unspecified atom stereocenters. The lowest BCUT2D eigenvalue weighted by Gasteiger charge is -2.35. The summed E-state index contributed by atoms with van der Waals surface area (Å²) in [6.07, 6.45) is 13.3. The molecule has 0 aliphatic heterocycles. The zero-order valence-corrected chi connectivity index (χ0v) is 18.6. The fourth-order valence-corrected chi connectivity index (χ4v) is 3.13. The number of halogens is 1. The fourth-order valence-electron chi connectivity index (χ4n) is 3.13. The summed E-state index contributed by atoms with van der Waals surface area (Å²) in [4.78, 5) is 12.2. The summed E-state index contributed by atoms with van der Waals surface area (Å²) in [5.74, 6) is -0.229. The van der Waals surface area contributed by atoms with Gasteiger partial charge in [0.1, 0.15) is 0 Å². The quantitative estimate of drug-likeness (QED) is 0.208. The van der Waals surface area contributed by atoms with Crippen LogP contribution in [0.25, 0.3) is 0 Å². The highest BCUT2D eigenvalue weighted by Gasteiger charge is 2.27. The summed E-state index contributed by atoms with van der Waals surface area (Å²) in [6.45, 7) is 5.31. The van der Waals surface area contributed by atoms with Gasteiger partial charge in [-0.15, -0.1) is 0 Å². The van der Waals surface area contributed by atoms with E-state index >= 15 is 0 Å².